The molecular weight excluding hydrogens is 302 g/mol. The molecule has 0 atom stereocenters. The van der Waals surface area contributed by atoms with Crippen molar-refractivity contribution in [2.24, 2.45) is 7.05 Å². The number of hydrogen-bond acceptors (Lipinski definition) is 3. The molecule has 2 heterocycles. The number of hydrogen-bond donors (Lipinski definition) is 0. The Morgan fingerprint density at radius 3 is 2.33 bits per heavy atom. The molecule has 0 spiro atoms. The van der Waals surface area contributed by atoms with Crippen molar-refractivity contribution < 1.29 is 9.53 Å². The lowest BCUT2D eigenvalue weighted by molar-refractivity contribution is 0.0592. The van der Waals surface area contributed by atoms with Crippen LogP contribution in [0.25, 0.3) is 0 Å². The first kappa shape index (κ1) is 20.0. The summed E-state index contributed by atoms with van der Waals surface area (Å²) in [6, 6.07) is 2.17. The quantitative estimate of drug-likeness (QED) is 0.765. The third kappa shape index (κ3) is 4.28. The minimum Gasteiger partial charge on any atom is -0.464 e. The first-order chi connectivity index (χ1) is 11.3. The molecule has 0 N–H and O–H groups in total. The van der Waals surface area contributed by atoms with Crippen LogP contribution in [-0.4, -0.2) is 27.4 Å². The second-order valence-corrected chi connectivity index (χ2v) is 6.26. The Labute approximate surface area is 145 Å². The molecule has 0 aliphatic carbocycles. The summed E-state index contributed by atoms with van der Waals surface area (Å²) >= 11 is 0. The number of carbonyl (C=O) groups excluding carboxylic acids is 1. The largest absolute Gasteiger partial charge is 0.464 e. The summed E-state index contributed by atoms with van der Waals surface area (Å²) in [4.78, 5) is 11.9. The van der Waals surface area contributed by atoms with Crippen molar-refractivity contribution in [2.75, 3.05) is 7.11 Å². The van der Waals surface area contributed by atoms with E-state index in [-0.39, 0.29) is 0 Å². The maximum atomic E-state index is 11.9. The van der Waals surface area contributed by atoms with Crippen molar-refractivity contribution in [3.63, 3.8) is 0 Å². The second kappa shape index (κ2) is 8.71. The van der Waals surface area contributed by atoms with E-state index in [1.54, 1.807) is 4.68 Å². The van der Waals surface area contributed by atoms with Gasteiger partial charge in [0.2, 0.25) is 0 Å². The van der Waals surface area contributed by atoms with E-state index in [1.165, 1.54) is 18.4 Å². The fourth-order valence-electron chi connectivity index (χ4n) is 2.90. The van der Waals surface area contributed by atoms with Crippen LogP contribution in [0.1, 0.15) is 80.7 Å². The van der Waals surface area contributed by atoms with E-state index in [2.05, 4.69) is 49.6 Å². The minimum absolute atomic E-state index is 0.388. The van der Waals surface area contributed by atoms with Gasteiger partial charge in [0.25, 0.3) is 0 Å². The van der Waals surface area contributed by atoms with Gasteiger partial charge in [-0.2, -0.15) is 5.10 Å². The summed E-state index contributed by atoms with van der Waals surface area (Å²) in [7, 11) is 3.20. The Morgan fingerprint density at radius 1 is 1.21 bits per heavy atom. The molecule has 0 aliphatic heterocycles. The lowest BCUT2D eigenvalue weighted by Gasteiger charge is -2.16. The Morgan fingerprint density at radius 2 is 1.83 bits per heavy atom. The van der Waals surface area contributed by atoms with Gasteiger partial charge in [0.1, 0.15) is 0 Å². The van der Waals surface area contributed by atoms with Crippen LogP contribution in [0.3, 0.4) is 0 Å². The van der Waals surface area contributed by atoms with Gasteiger partial charge in [0.15, 0.2) is 5.69 Å². The zero-order valence-electron chi connectivity index (χ0n) is 16.3. The highest BCUT2D eigenvalue weighted by molar-refractivity contribution is 5.88. The van der Waals surface area contributed by atoms with Crippen LogP contribution in [0.4, 0.5) is 0 Å². The Bertz CT molecular complexity index is 666. The van der Waals surface area contributed by atoms with Crippen LogP contribution >= 0.6 is 0 Å². The fourth-order valence-corrected chi connectivity index (χ4v) is 2.90. The molecule has 0 fully saturated rings. The fraction of sp³-hybridized carbons (Fsp3) is 0.579. The molecule has 5 nitrogen and oxygen atoms in total. The van der Waals surface area contributed by atoms with Crippen molar-refractivity contribution in [1.82, 2.24) is 14.3 Å². The van der Waals surface area contributed by atoms with Crippen molar-refractivity contribution in [2.45, 2.75) is 59.9 Å². The van der Waals surface area contributed by atoms with Crippen LogP contribution in [0.5, 0.6) is 0 Å². The standard InChI is InChI=1S/C17H25N3O2.C2H6/c1-11(2)14-7-8-20(16(14)12(3)4)10-13-9-19(5)18-15(13)17(21)22-6;1-2/h7-9,11-12H,10H2,1-6H3;1-2H3. The lowest BCUT2D eigenvalue weighted by atomic mass is 9.97. The number of aryl methyl sites for hydroxylation is 1. The Kier molecular flexibility index (Phi) is 7.26. The Hall–Kier alpha value is -2.04. The van der Waals surface area contributed by atoms with Gasteiger partial charge >= 0.3 is 5.97 Å². The van der Waals surface area contributed by atoms with Crippen LogP contribution in [0.15, 0.2) is 18.5 Å². The molecule has 0 amide bonds. The van der Waals surface area contributed by atoms with Crippen LogP contribution < -0.4 is 0 Å². The van der Waals surface area contributed by atoms with Crippen LogP contribution in [-0.2, 0) is 18.3 Å². The van der Waals surface area contributed by atoms with Crippen LogP contribution in [0.2, 0.25) is 0 Å². The van der Waals surface area contributed by atoms with Crippen LogP contribution in [0, 0.1) is 0 Å². The monoisotopic (exact) mass is 333 g/mol. The van der Waals surface area contributed by atoms with E-state index in [0.717, 1.165) is 5.56 Å². The van der Waals surface area contributed by atoms with Gasteiger partial charge < -0.3 is 9.30 Å². The number of nitrogens with zero attached hydrogens (tertiary/aromatic N) is 3. The highest BCUT2D eigenvalue weighted by Gasteiger charge is 2.20. The van der Waals surface area contributed by atoms with Gasteiger partial charge in [0.05, 0.1) is 13.7 Å². The van der Waals surface area contributed by atoms with E-state index in [0.29, 0.717) is 24.1 Å². The van der Waals surface area contributed by atoms with E-state index >= 15 is 0 Å². The van der Waals surface area contributed by atoms with Gasteiger partial charge in [-0.05, 0) is 23.5 Å². The second-order valence-electron chi connectivity index (χ2n) is 6.26. The molecular formula is C19H31N3O2. The normalized spacial score (nSPS) is 10.8. The van der Waals surface area contributed by atoms with Gasteiger partial charge in [-0.1, -0.05) is 41.5 Å². The summed E-state index contributed by atoms with van der Waals surface area (Å²) in [6.45, 7) is 13.4. The SMILES string of the molecule is CC.COC(=O)c1nn(C)cc1Cn1ccc(C(C)C)c1C(C)C. The van der Waals surface area contributed by atoms with E-state index in [9.17, 15) is 4.79 Å². The van der Waals surface area contributed by atoms with Gasteiger partial charge in [-0.3, -0.25) is 4.68 Å². The number of carbonyl (C=O) groups is 1. The molecule has 0 aliphatic rings. The first-order valence-electron chi connectivity index (χ1n) is 8.64. The molecule has 24 heavy (non-hydrogen) atoms. The number of esters is 1. The molecule has 2 rings (SSSR count). The average Bonchev–Trinajstić information content (AvgIpc) is 3.12. The predicted octanol–water partition coefficient (Wildman–Crippen LogP) is 4.33. The molecule has 0 radical (unpaired) electrons. The molecule has 0 saturated carbocycles. The summed E-state index contributed by atoms with van der Waals surface area (Å²) < 4.78 is 8.69. The molecule has 134 valence electrons. The molecule has 0 aromatic carbocycles. The highest BCUT2D eigenvalue weighted by Crippen LogP contribution is 2.28. The summed E-state index contributed by atoms with van der Waals surface area (Å²) in [5.74, 6) is 0.510. The van der Waals surface area contributed by atoms with Crippen molar-refractivity contribution in [1.29, 1.82) is 0 Å². The maximum Gasteiger partial charge on any atom is 0.358 e. The van der Waals surface area contributed by atoms with Crippen molar-refractivity contribution >= 4 is 5.97 Å². The van der Waals surface area contributed by atoms with E-state index < -0.39 is 5.97 Å². The average molecular weight is 333 g/mol. The topological polar surface area (TPSA) is 49.0 Å². The third-order valence-corrected chi connectivity index (χ3v) is 3.83. The molecule has 2 aromatic rings. The molecule has 0 bridgehead atoms. The van der Waals surface area contributed by atoms with Gasteiger partial charge in [-0.25, -0.2) is 4.79 Å². The van der Waals surface area contributed by atoms with E-state index in [4.69, 9.17) is 4.74 Å². The number of rotatable bonds is 5. The molecule has 5 heteroatoms. The van der Waals surface area contributed by atoms with E-state index in [1.807, 2.05) is 27.1 Å². The maximum absolute atomic E-state index is 11.9. The number of ether oxygens (including phenoxy) is 1. The number of aromatic nitrogens is 3. The molecule has 0 unspecified atom stereocenters. The lowest BCUT2D eigenvalue weighted by Crippen LogP contribution is -2.11. The first-order valence-corrected chi connectivity index (χ1v) is 8.64. The smallest absolute Gasteiger partial charge is 0.358 e. The predicted molar refractivity (Wildman–Crippen MR) is 97.6 cm³/mol. The molecule has 2 aromatic heterocycles. The minimum atomic E-state index is -0.391. The van der Waals surface area contributed by atoms with Gasteiger partial charge in [0, 0.05) is 30.7 Å². The van der Waals surface area contributed by atoms with Crippen molar-refractivity contribution in [3.8, 4) is 0 Å². The zero-order valence-corrected chi connectivity index (χ0v) is 16.3. The highest BCUT2D eigenvalue weighted by atomic mass is 16.5. The summed E-state index contributed by atoms with van der Waals surface area (Å²) in [5.41, 5.74) is 3.94. The Balaban J connectivity index is 0.00000139. The van der Waals surface area contributed by atoms with Gasteiger partial charge in [-0.15, -0.1) is 0 Å². The van der Waals surface area contributed by atoms with Crippen molar-refractivity contribution in [3.05, 3.63) is 41.0 Å². The summed E-state index contributed by atoms with van der Waals surface area (Å²) in [6.07, 6.45) is 3.98. The number of methoxy groups -OCH3 is 1. The third-order valence-electron chi connectivity index (χ3n) is 3.83. The molecule has 0 saturated heterocycles. The zero-order chi connectivity index (χ0) is 18.4. The summed E-state index contributed by atoms with van der Waals surface area (Å²) in [5, 5.41) is 4.22.